The van der Waals surface area contributed by atoms with Gasteiger partial charge in [-0.05, 0) is 42.0 Å². The highest BCUT2D eigenvalue weighted by atomic mass is 16.5. The number of benzene rings is 2. The fraction of sp³-hybridized carbons (Fsp3) is 0.111. The van der Waals surface area contributed by atoms with Crippen molar-refractivity contribution in [2.24, 2.45) is 0 Å². The molecular formula is C18H16N2O4. The molecule has 0 atom stereocenters. The molecule has 1 heterocycles. The molecule has 1 aromatic heterocycles. The van der Waals surface area contributed by atoms with Gasteiger partial charge in [-0.1, -0.05) is 6.07 Å². The first-order valence-electron chi connectivity index (χ1n) is 7.28. The van der Waals surface area contributed by atoms with E-state index in [-0.39, 0.29) is 6.42 Å². The zero-order chi connectivity index (χ0) is 17.1. The minimum absolute atomic E-state index is 0.0829. The Kier molecular flexibility index (Phi) is 4.20. The summed E-state index contributed by atoms with van der Waals surface area (Å²) in [5.74, 6) is 0.484. The Morgan fingerprint density at radius 3 is 2.71 bits per heavy atom. The first kappa shape index (κ1) is 15.6. The summed E-state index contributed by atoms with van der Waals surface area (Å²) in [6, 6.07) is 12.3. The molecule has 0 aliphatic rings. The summed E-state index contributed by atoms with van der Waals surface area (Å²) in [7, 11) is 1.50. The fourth-order valence-corrected chi connectivity index (χ4v) is 2.44. The first-order valence-corrected chi connectivity index (χ1v) is 7.28. The van der Waals surface area contributed by atoms with Crippen molar-refractivity contribution >= 4 is 22.6 Å². The number of carbonyl (C=O) groups is 1. The zero-order valence-corrected chi connectivity index (χ0v) is 13.0. The van der Waals surface area contributed by atoms with Gasteiger partial charge in [-0.15, -0.1) is 0 Å². The first-order chi connectivity index (χ1) is 11.6. The number of nitrogens with zero attached hydrogens (tertiary/aromatic N) is 1. The highest BCUT2D eigenvalue weighted by Crippen LogP contribution is 2.37. The van der Waals surface area contributed by atoms with Crippen molar-refractivity contribution in [2.75, 3.05) is 12.8 Å². The quantitative estimate of drug-likeness (QED) is 0.700. The van der Waals surface area contributed by atoms with Crippen molar-refractivity contribution in [3.8, 4) is 17.2 Å². The lowest BCUT2D eigenvalue weighted by atomic mass is 10.1. The molecule has 0 saturated carbocycles. The van der Waals surface area contributed by atoms with Crippen LogP contribution in [0.2, 0.25) is 0 Å². The van der Waals surface area contributed by atoms with Crippen LogP contribution in [0.5, 0.6) is 17.2 Å². The van der Waals surface area contributed by atoms with Gasteiger partial charge in [-0.25, -0.2) is 0 Å². The molecule has 122 valence electrons. The number of aliphatic carboxylic acids is 1. The molecule has 3 N–H and O–H groups in total. The maximum Gasteiger partial charge on any atom is 0.307 e. The Balaban J connectivity index is 1.96. The van der Waals surface area contributed by atoms with Gasteiger partial charge in [0, 0.05) is 11.6 Å². The monoisotopic (exact) mass is 324 g/mol. The van der Waals surface area contributed by atoms with Gasteiger partial charge >= 0.3 is 5.97 Å². The number of nitrogen functional groups attached to an aromatic ring is 1. The second-order valence-corrected chi connectivity index (χ2v) is 5.21. The molecule has 0 amide bonds. The van der Waals surface area contributed by atoms with E-state index in [2.05, 4.69) is 4.98 Å². The zero-order valence-electron chi connectivity index (χ0n) is 13.0. The molecule has 0 spiro atoms. The van der Waals surface area contributed by atoms with Gasteiger partial charge in [-0.3, -0.25) is 9.78 Å². The molecule has 6 nitrogen and oxygen atoms in total. The molecule has 0 aliphatic carbocycles. The smallest absolute Gasteiger partial charge is 0.307 e. The number of hydrogen-bond donors (Lipinski definition) is 2. The van der Waals surface area contributed by atoms with Crippen molar-refractivity contribution in [1.82, 2.24) is 4.98 Å². The highest BCUT2D eigenvalue weighted by molar-refractivity contribution is 5.93. The summed E-state index contributed by atoms with van der Waals surface area (Å²) >= 11 is 0. The van der Waals surface area contributed by atoms with Crippen LogP contribution in [-0.2, 0) is 11.2 Å². The van der Waals surface area contributed by atoms with Crippen LogP contribution in [0.1, 0.15) is 5.56 Å². The minimum Gasteiger partial charge on any atom is -0.493 e. The number of carboxylic acid groups (broad SMARTS) is 1. The Labute approximate surface area is 138 Å². The lowest BCUT2D eigenvalue weighted by Gasteiger charge is -2.14. The molecule has 3 aromatic rings. The van der Waals surface area contributed by atoms with Crippen LogP contribution >= 0.6 is 0 Å². The van der Waals surface area contributed by atoms with Crippen molar-refractivity contribution in [2.45, 2.75) is 6.42 Å². The van der Waals surface area contributed by atoms with Crippen LogP contribution in [-0.4, -0.2) is 23.2 Å². The van der Waals surface area contributed by atoms with E-state index in [9.17, 15) is 4.79 Å². The van der Waals surface area contributed by atoms with Crippen LogP contribution in [0.4, 0.5) is 5.69 Å². The number of aromatic nitrogens is 1. The molecule has 0 unspecified atom stereocenters. The van der Waals surface area contributed by atoms with Crippen LogP contribution in [0.3, 0.4) is 0 Å². The van der Waals surface area contributed by atoms with Gasteiger partial charge in [0.25, 0.3) is 0 Å². The number of fused-ring (bicyclic) bond motifs is 1. The molecular weight excluding hydrogens is 308 g/mol. The van der Waals surface area contributed by atoms with Crippen LogP contribution in [0, 0.1) is 0 Å². The lowest BCUT2D eigenvalue weighted by Crippen LogP contribution is -2.01. The molecule has 0 aliphatic heterocycles. The van der Waals surface area contributed by atoms with Gasteiger partial charge in [0.15, 0.2) is 17.2 Å². The Morgan fingerprint density at radius 1 is 1.17 bits per heavy atom. The van der Waals surface area contributed by atoms with E-state index >= 15 is 0 Å². The topological polar surface area (TPSA) is 94.7 Å². The summed E-state index contributed by atoms with van der Waals surface area (Å²) in [5.41, 5.74) is 8.06. The second kappa shape index (κ2) is 6.45. The second-order valence-electron chi connectivity index (χ2n) is 5.21. The maximum absolute atomic E-state index is 10.8. The van der Waals surface area contributed by atoms with Gasteiger partial charge < -0.3 is 20.3 Å². The van der Waals surface area contributed by atoms with E-state index in [0.717, 1.165) is 10.9 Å². The van der Waals surface area contributed by atoms with Gasteiger partial charge in [0.1, 0.15) is 0 Å². The van der Waals surface area contributed by atoms with Gasteiger partial charge in [-0.2, -0.15) is 0 Å². The van der Waals surface area contributed by atoms with E-state index < -0.39 is 5.97 Å². The standard InChI is InChI=1S/C18H16N2O4/c1-23-16-9-11(10-17(21)22)4-6-14(16)24-15-7-5-13-12(18(15)19)3-2-8-20-13/h2-9H,10,19H2,1H3,(H,21,22). The Bertz CT molecular complexity index is 909. The fourth-order valence-electron chi connectivity index (χ4n) is 2.44. The Hall–Kier alpha value is -3.28. The van der Waals surface area contributed by atoms with Crippen molar-refractivity contribution in [1.29, 1.82) is 0 Å². The number of rotatable bonds is 5. The lowest BCUT2D eigenvalue weighted by molar-refractivity contribution is -0.136. The van der Waals surface area contributed by atoms with E-state index in [1.165, 1.54) is 7.11 Å². The molecule has 24 heavy (non-hydrogen) atoms. The summed E-state index contributed by atoms with van der Waals surface area (Å²) in [4.78, 5) is 15.1. The average Bonchev–Trinajstić information content (AvgIpc) is 2.58. The van der Waals surface area contributed by atoms with Crippen LogP contribution in [0.15, 0.2) is 48.7 Å². The number of carboxylic acids is 1. The van der Waals surface area contributed by atoms with Crippen molar-refractivity contribution < 1.29 is 19.4 Å². The largest absolute Gasteiger partial charge is 0.493 e. The van der Waals surface area contributed by atoms with E-state index in [1.807, 2.05) is 18.2 Å². The SMILES string of the molecule is COc1cc(CC(=O)O)ccc1Oc1ccc2ncccc2c1N. The Morgan fingerprint density at radius 2 is 1.96 bits per heavy atom. The van der Waals surface area contributed by atoms with Crippen molar-refractivity contribution in [3.63, 3.8) is 0 Å². The predicted octanol–water partition coefficient (Wildman–Crippen LogP) is 3.25. The third-order valence-electron chi connectivity index (χ3n) is 3.59. The van der Waals surface area contributed by atoms with Crippen molar-refractivity contribution in [3.05, 3.63) is 54.2 Å². The van der Waals surface area contributed by atoms with E-state index in [0.29, 0.717) is 28.5 Å². The van der Waals surface area contributed by atoms with Gasteiger partial charge in [0.05, 0.1) is 24.7 Å². The number of ether oxygens (including phenoxy) is 2. The number of anilines is 1. The maximum atomic E-state index is 10.8. The number of pyridine rings is 1. The highest BCUT2D eigenvalue weighted by Gasteiger charge is 2.12. The minimum atomic E-state index is -0.906. The predicted molar refractivity (Wildman–Crippen MR) is 90.6 cm³/mol. The number of nitrogens with two attached hydrogens (primary N) is 1. The van der Waals surface area contributed by atoms with Crippen LogP contribution < -0.4 is 15.2 Å². The molecule has 2 aromatic carbocycles. The van der Waals surface area contributed by atoms with E-state index in [1.54, 1.807) is 30.5 Å². The molecule has 0 fully saturated rings. The molecule has 3 rings (SSSR count). The molecule has 0 saturated heterocycles. The molecule has 0 radical (unpaired) electrons. The van der Waals surface area contributed by atoms with E-state index in [4.69, 9.17) is 20.3 Å². The third kappa shape index (κ3) is 3.08. The summed E-state index contributed by atoms with van der Waals surface area (Å²) in [6.07, 6.45) is 1.62. The summed E-state index contributed by atoms with van der Waals surface area (Å²) in [5, 5.41) is 9.68. The van der Waals surface area contributed by atoms with Crippen LogP contribution in [0.25, 0.3) is 10.9 Å². The third-order valence-corrected chi connectivity index (χ3v) is 3.59. The van der Waals surface area contributed by atoms with Gasteiger partial charge in [0.2, 0.25) is 0 Å². The number of hydrogen-bond acceptors (Lipinski definition) is 5. The summed E-state index contributed by atoms with van der Waals surface area (Å²) in [6.45, 7) is 0. The average molecular weight is 324 g/mol. The molecule has 6 heteroatoms. The summed E-state index contributed by atoms with van der Waals surface area (Å²) < 4.78 is 11.2. The molecule has 0 bridgehead atoms. The normalized spacial score (nSPS) is 10.5. The number of methoxy groups -OCH3 is 1.